The molecule has 1 aliphatic heterocycles. The lowest BCUT2D eigenvalue weighted by molar-refractivity contribution is 0.302. The highest BCUT2D eigenvalue weighted by molar-refractivity contribution is 5.54. The molecule has 19 heavy (non-hydrogen) atoms. The summed E-state index contributed by atoms with van der Waals surface area (Å²) < 4.78 is 0. The Labute approximate surface area is 117 Å². The molecule has 1 unspecified atom stereocenters. The van der Waals surface area contributed by atoms with Crippen LogP contribution in [0.25, 0.3) is 0 Å². The Balaban J connectivity index is 1.92. The third-order valence-corrected chi connectivity index (χ3v) is 4.08. The van der Waals surface area contributed by atoms with Crippen molar-refractivity contribution in [3.05, 3.63) is 29.8 Å². The number of hydrogen-bond acceptors (Lipinski definition) is 3. The number of rotatable bonds is 6. The monoisotopic (exact) mass is 261 g/mol. The lowest BCUT2D eigenvalue weighted by Gasteiger charge is -2.23. The van der Waals surface area contributed by atoms with E-state index in [2.05, 4.69) is 60.4 Å². The molecule has 0 amide bonds. The molecule has 1 fully saturated rings. The minimum atomic E-state index is 0.568. The predicted octanol–water partition coefficient (Wildman–Crippen LogP) is 2.33. The highest BCUT2D eigenvalue weighted by Gasteiger charge is 2.15. The van der Waals surface area contributed by atoms with E-state index in [4.69, 9.17) is 0 Å². The van der Waals surface area contributed by atoms with Crippen molar-refractivity contribution < 1.29 is 0 Å². The van der Waals surface area contributed by atoms with E-state index in [1.807, 2.05) is 0 Å². The Kier molecular flexibility index (Phi) is 5.23. The first-order valence-electron chi connectivity index (χ1n) is 7.38. The third-order valence-electron chi connectivity index (χ3n) is 4.08. The van der Waals surface area contributed by atoms with Crippen LogP contribution in [-0.4, -0.2) is 44.7 Å². The van der Waals surface area contributed by atoms with Gasteiger partial charge in [-0.25, -0.2) is 0 Å². The van der Waals surface area contributed by atoms with E-state index in [9.17, 15) is 0 Å². The van der Waals surface area contributed by atoms with Gasteiger partial charge in [0.25, 0.3) is 0 Å². The lowest BCUT2D eigenvalue weighted by Crippen LogP contribution is -2.35. The van der Waals surface area contributed by atoms with Crippen molar-refractivity contribution >= 4 is 5.69 Å². The van der Waals surface area contributed by atoms with Gasteiger partial charge in [0, 0.05) is 37.9 Å². The Morgan fingerprint density at radius 1 is 1.21 bits per heavy atom. The molecule has 0 spiro atoms. The number of nitrogens with zero attached hydrogens (tertiary/aromatic N) is 2. The first-order chi connectivity index (χ1) is 9.18. The molecule has 0 aliphatic carbocycles. The molecule has 1 aliphatic rings. The summed E-state index contributed by atoms with van der Waals surface area (Å²) in [6.07, 6.45) is 2.67. The normalized spacial score (nSPS) is 17.2. The SMILES string of the molecule is CC(CNCc1ccccc1N1CCCC1)N(C)C. The molecule has 1 aromatic rings. The largest absolute Gasteiger partial charge is 0.371 e. The van der Waals surface area contributed by atoms with Crippen LogP contribution in [0.1, 0.15) is 25.3 Å². The summed E-state index contributed by atoms with van der Waals surface area (Å²) in [7, 11) is 4.26. The number of likely N-dealkylation sites (N-methyl/N-ethyl adjacent to an activating group) is 1. The summed E-state index contributed by atoms with van der Waals surface area (Å²) in [5.74, 6) is 0. The molecule has 0 radical (unpaired) electrons. The summed E-state index contributed by atoms with van der Waals surface area (Å²) in [6.45, 7) is 6.67. The fourth-order valence-corrected chi connectivity index (χ4v) is 2.53. The molecule has 1 N–H and O–H groups in total. The minimum Gasteiger partial charge on any atom is -0.371 e. The zero-order valence-electron chi connectivity index (χ0n) is 12.5. The van der Waals surface area contributed by atoms with Crippen molar-refractivity contribution in [1.29, 1.82) is 0 Å². The second-order valence-corrected chi connectivity index (χ2v) is 5.77. The van der Waals surface area contributed by atoms with E-state index in [1.54, 1.807) is 0 Å². The van der Waals surface area contributed by atoms with Gasteiger partial charge in [0.05, 0.1) is 0 Å². The third kappa shape index (κ3) is 3.95. The molecule has 2 rings (SSSR count). The standard InChI is InChI=1S/C16H27N3/c1-14(18(2)3)12-17-13-15-8-4-5-9-16(15)19-10-6-7-11-19/h4-5,8-9,14,17H,6-7,10-13H2,1-3H3. The highest BCUT2D eigenvalue weighted by Crippen LogP contribution is 2.24. The van der Waals surface area contributed by atoms with Crippen LogP contribution in [0.15, 0.2) is 24.3 Å². The van der Waals surface area contributed by atoms with Crippen LogP contribution in [0.3, 0.4) is 0 Å². The predicted molar refractivity (Wildman–Crippen MR) is 82.7 cm³/mol. The van der Waals surface area contributed by atoms with Crippen LogP contribution in [-0.2, 0) is 6.54 Å². The van der Waals surface area contributed by atoms with Gasteiger partial charge in [0.15, 0.2) is 0 Å². The molecule has 1 saturated heterocycles. The van der Waals surface area contributed by atoms with Gasteiger partial charge in [-0.1, -0.05) is 18.2 Å². The number of anilines is 1. The molecule has 0 aromatic heterocycles. The summed E-state index contributed by atoms with van der Waals surface area (Å²) in [6, 6.07) is 9.38. The van der Waals surface area contributed by atoms with Crippen LogP contribution in [0.4, 0.5) is 5.69 Å². The molecule has 3 nitrogen and oxygen atoms in total. The van der Waals surface area contributed by atoms with E-state index in [0.717, 1.165) is 13.1 Å². The Morgan fingerprint density at radius 3 is 2.58 bits per heavy atom. The second-order valence-electron chi connectivity index (χ2n) is 5.77. The van der Waals surface area contributed by atoms with Gasteiger partial charge >= 0.3 is 0 Å². The first-order valence-corrected chi connectivity index (χ1v) is 7.38. The van der Waals surface area contributed by atoms with Crippen LogP contribution in [0, 0.1) is 0 Å². The van der Waals surface area contributed by atoms with Crippen molar-refractivity contribution in [2.45, 2.75) is 32.4 Å². The molecule has 3 heteroatoms. The summed E-state index contributed by atoms with van der Waals surface area (Å²) in [5, 5.41) is 3.58. The smallest absolute Gasteiger partial charge is 0.0411 e. The quantitative estimate of drug-likeness (QED) is 0.848. The summed E-state index contributed by atoms with van der Waals surface area (Å²) in [4.78, 5) is 4.77. The molecule has 106 valence electrons. The Morgan fingerprint density at radius 2 is 1.89 bits per heavy atom. The molecule has 1 aromatic carbocycles. The van der Waals surface area contributed by atoms with E-state index in [-0.39, 0.29) is 0 Å². The maximum atomic E-state index is 3.58. The second kappa shape index (κ2) is 6.92. The topological polar surface area (TPSA) is 18.5 Å². The van der Waals surface area contributed by atoms with Crippen molar-refractivity contribution in [1.82, 2.24) is 10.2 Å². The molecule has 0 bridgehead atoms. The van der Waals surface area contributed by atoms with Gasteiger partial charge < -0.3 is 15.1 Å². The molecular weight excluding hydrogens is 234 g/mol. The Hall–Kier alpha value is -1.06. The number of nitrogens with one attached hydrogen (secondary N) is 1. The fourth-order valence-electron chi connectivity index (χ4n) is 2.53. The van der Waals surface area contributed by atoms with E-state index in [0.29, 0.717) is 6.04 Å². The van der Waals surface area contributed by atoms with Crippen LogP contribution < -0.4 is 10.2 Å². The minimum absolute atomic E-state index is 0.568. The van der Waals surface area contributed by atoms with E-state index < -0.39 is 0 Å². The van der Waals surface area contributed by atoms with Gasteiger partial charge in [-0.3, -0.25) is 0 Å². The lowest BCUT2D eigenvalue weighted by atomic mass is 10.1. The molecule has 1 heterocycles. The van der Waals surface area contributed by atoms with Gasteiger partial charge in [-0.05, 0) is 45.5 Å². The molecular formula is C16H27N3. The number of para-hydroxylation sites is 1. The zero-order valence-corrected chi connectivity index (χ0v) is 12.5. The van der Waals surface area contributed by atoms with Crippen LogP contribution in [0.2, 0.25) is 0 Å². The summed E-state index contributed by atoms with van der Waals surface area (Å²) in [5.41, 5.74) is 2.85. The number of benzene rings is 1. The average Bonchev–Trinajstić information content (AvgIpc) is 2.93. The van der Waals surface area contributed by atoms with Crippen molar-refractivity contribution in [2.24, 2.45) is 0 Å². The van der Waals surface area contributed by atoms with E-state index >= 15 is 0 Å². The molecule has 1 atom stereocenters. The zero-order chi connectivity index (χ0) is 13.7. The van der Waals surface area contributed by atoms with Gasteiger partial charge in [-0.15, -0.1) is 0 Å². The van der Waals surface area contributed by atoms with Crippen LogP contribution in [0.5, 0.6) is 0 Å². The maximum absolute atomic E-state index is 3.58. The van der Waals surface area contributed by atoms with Crippen molar-refractivity contribution in [3.8, 4) is 0 Å². The van der Waals surface area contributed by atoms with E-state index in [1.165, 1.54) is 37.2 Å². The van der Waals surface area contributed by atoms with Crippen molar-refractivity contribution in [3.63, 3.8) is 0 Å². The molecule has 0 saturated carbocycles. The Bertz CT molecular complexity index is 383. The number of hydrogen-bond donors (Lipinski definition) is 1. The van der Waals surface area contributed by atoms with Crippen LogP contribution >= 0.6 is 0 Å². The highest BCUT2D eigenvalue weighted by atomic mass is 15.1. The summed E-state index contributed by atoms with van der Waals surface area (Å²) >= 11 is 0. The van der Waals surface area contributed by atoms with Gasteiger partial charge in [0.2, 0.25) is 0 Å². The first kappa shape index (κ1) is 14.4. The van der Waals surface area contributed by atoms with Gasteiger partial charge in [-0.2, -0.15) is 0 Å². The maximum Gasteiger partial charge on any atom is 0.0411 e. The fraction of sp³-hybridized carbons (Fsp3) is 0.625. The van der Waals surface area contributed by atoms with Crippen molar-refractivity contribution in [2.75, 3.05) is 38.6 Å². The van der Waals surface area contributed by atoms with Gasteiger partial charge in [0.1, 0.15) is 0 Å². The average molecular weight is 261 g/mol.